The van der Waals surface area contributed by atoms with E-state index in [1.54, 1.807) is 42.7 Å². The molecule has 0 spiro atoms. The summed E-state index contributed by atoms with van der Waals surface area (Å²) in [5.41, 5.74) is 1.95. The van der Waals surface area contributed by atoms with Crippen LogP contribution in [0.15, 0.2) is 92.8 Å². The van der Waals surface area contributed by atoms with Crippen LogP contribution in [-0.2, 0) is 20.9 Å². The Hall–Kier alpha value is -4.25. The first-order valence-corrected chi connectivity index (χ1v) is 11.7. The molecular formula is C24H22N6O4S. The Labute approximate surface area is 205 Å². The summed E-state index contributed by atoms with van der Waals surface area (Å²) in [5.74, 6) is 0.189. The molecule has 4 rings (SSSR count). The van der Waals surface area contributed by atoms with E-state index in [9.17, 15) is 9.59 Å². The van der Waals surface area contributed by atoms with Gasteiger partial charge in [0, 0.05) is 12.2 Å². The molecule has 1 N–H and O–H groups in total. The number of ether oxygens (including phenoxy) is 1. The van der Waals surface area contributed by atoms with Crippen molar-refractivity contribution in [2.45, 2.75) is 18.6 Å². The number of carbonyl (C=O) groups excluding carboxylic acids is 2. The Morgan fingerprint density at radius 1 is 1.00 bits per heavy atom. The number of hydrogen-bond donors (Lipinski definition) is 1. The van der Waals surface area contributed by atoms with Gasteiger partial charge in [-0.1, -0.05) is 30.0 Å². The summed E-state index contributed by atoms with van der Waals surface area (Å²) in [5, 5.41) is 19.8. The second kappa shape index (κ2) is 11.7. The molecular weight excluding hydrogens is 468 g/mol. The van der Waals surface area contributed by atoms with Crippen LogP contribution in [0.4, 0.5) is 17.1 Å². The van der Waals surface area contributed by atoms with Crippen molar-refractivity contribution in [3.8, 4) is 11.6 Å². The number of rotatable bonds is 10. The molecule has 0 aliphatic heterocycles. The quantitative estimate of drug-likeness (QED) is 0.183. The van der Waals surface area contributed by atoms with E-state index in [1.807, 2.05) is 41.8 Å². The van der Waals surface area contributed by atoms with E-state index >= 15 is 0 Å². The van der Waals surface area contributed by atoms with E-state index in [-0.39, 0.29) is 5.75 Å². The molecule has 2 aromatic heterocycles. The zero-order valence-electron chi connectivity index (χ0n) is 18.8. The Bertz CT molecular complexity index is 1290. The third kappa shape index (κ3) is 6.64. The lowest BCUT2D eigenvalue weighted by Crippen LogP contribution is -2.21. The Balaban J connectivity index is 1.22. The van der Waals surface area contributed by atoms with E-state index < -0.39 is 18.5 Å². The minimum atomic E-state index is -0.535. The van der Waals surface area contributed by atoms with Crippen molar-refractivity contribution < 1.29 is 18.7 Å². The van der Waals surface area contributed by atoms with Gasteiger partial charge in [-0.25, -0.2) is 0 Å². The molecule has 178 valence electrons. The van der Waals surface area contributed by atoms with Gasteiger partial charge in [-0.2, -0.15) is 10.2 Å². The summed E-state index contributed by atoms with van der Waals surface area (Å²) < 4.78 is 12.3. The fourth-order valence-electron chi connectivity index (χ4n) is 3.00. The maximum Gasteiger partial charge on any atom is 0.316 e. The van der Waals surface area contributed by atoms with Crippen LogP contribution < -0.4 is 5.32 Å². The minimum Gasteiger partial charge on any atom is -0.461 e. The van der Waals surface area contributed by atoms with Crippen LogP contribution in [-0.4, -0.2) is 39.0 Å². The molecule has 0 bridgehead atoms. The number of thioether (sulfide) groups is 1. The van der Waals surface area contributed by atoms with Gasteiger partial charge in [0.2, 0.25) is 0 Å². The maximum atomic E-state index is 12.1. The van der Waals surface area contributed by atoms with Gasteiger partial charge >= 0.3 is 5.97 Å². The van der Waals surface area contributed by atoms with Crippen molar-refractivity contribution in [2.24, 2.45) is 10.2 Å². The van der Waals surface area contributed by atoms with Crippen LogP contribution in [0.2, 0.25) is 0 Å². The molecule has 0 atom stereocenters. The number of nitrogens with one attached hydrogen (secondary N) is 1. The number of aromatic nitrogens is 3. The number of furan rings is 1. The van der Waals surface area contributed by atoms with Crippen LogP contribution in [0.1, 0.15) is 6.92 Å². The van der Waals surface area contributed by atoms with Crippen molar-refractivity contribution in [2.75, 3.05) is 17.7 Å². The first-order chi connectivity index (χ1) is 17.1. The van der Waals surface area contributed by atoms with Crippen LogP contribution in [0, 0.1) is 0 Å². The number of azo groups is 1. The zero-order chi connectivity index (χ0) is 24.5. The lowest BCUT2D eigenvalue weighted by atomic mass is 10.3. The lowest BCUT2D eigenvalue weighted by molar-refractivity contribution is -0.144. The van der Waals surface area contributed by atoms with Crippen LogP contribution in [0.25, 0.3) is 11.6 Å². The third-order valence-corrected chi connectivity index (χ3v) is 5.59. The Morgan fingerprint density at radius 3 is 2.43 bits per heavy atom. The van der Waals surface area contributed by atoms with E-state index in [0.717, 1.165) is 5.69 Å². The monoisotopic (exact) mass is 490 g/mol. The molecule has 0 aliphatic carbocycles. The van der Waals surface area contributed by atoms with Crippen molar-refractivity contribution in [3.63, 3.8) is 0 Å². The SMILES string of the molecule is CCn1c(SCC(=O)OCC(=O)Nc2ccc(N=Nc3ccccc3)cc2)nnc1-c1ccco1. The van der Waals surface area contributed by atoms with Crippen LogP contribution in [0.5, 0.6) is 0 Å². The number of carbonyl (C=O) groups is 2. The second-order valence-electron chi connectivity index (χ2n) is 7.11. The smallest absolute Gasteiger partial charge is 0.316 e. The molecule has 0 radical (unpaired) electrons. The summed E-state index contributed by atoms with van der Waals surface area (Å²) in [6, 6.07) is 19.8. The van der Waals surface area contributed by atoms with Crippen molar-refractivity contribution in [1.82, 2.24) is 14.8 Å². The topological polar surface area (TPSA) is 124 Å². The zero-order valence-corrected chi connectivity index (χ0v) is 19.6. The molecule has 4 aromatic rings. The standard InChI is InChI=1S/C24H22N6O4S/c1-2-30-23(20-9-6-14-33-20)28-29-24(30)35-16-22(32)34-15-21(31)25-17-10-12-19(13-11-17)27-26-18-7-4-3-5-8-18/h3-14H,2,15-16H2,1H3,(H,25,31). The third-order valence-electron chi connectivity index (χ3n) is 4.65. The summed E-state index contributed by atoms with van der Waals surface area (Å²) in [7, 11) is 0. The second-order valence-corrected chi connectivity index (χ2v) is 8.05. The van der Waals surface area contributed by atoms with Gasteiger partial charge in [-0.15, -0.1) is 10.2 Å². The average Bonchev–Trinajstić information content (AvgIpc) is 3.56. The predicted octanol–water partition coefficient (Wildman–Crippen LogP) is 5.25. The molecule has 11 heteroatoms. The average molecular weight is 491 g/mol. The van der Waals surface area contributed by atoms with Gasteiger partial charge in [-0.3, -0.25) is 14.2 Å². The van der Waals surface area contributed by atoms with Gasteiger partial charge in [-0.05, 0) is 55.5 Å². The fraction of sp³-hybridized carbons (Fsp3) is 0.167. The fourth-order valence-corrected chi connectivity index (χ4v) is 3.80. The molecule has 0 saturated heterocycles. The molecule has 2 aromatic carbocycles. The number of esters is 1. The Morgan fingerprint density at radius 2 is 1.74 bits per heavy atom. The van der Waals surface area contributed by atoms with E-state index in [1.165, 1.54) is 11.8 Å². The maximum absolute atomic E-state index is 12.1. The lowest BCUT2D eigenvalue weighted by Gasteiger charge is -2.07. The van der Waals surface area contributed by atoms with E-state index in [4.69, 9.17) is 9.15 Å². The summed E-state index contributed by atoms with van der Waals surface area (Å²) in [6.45, 7) is 2.16. The van der Waals surface area contributed by atoms with Crippen molar-refractivity contribution >= 4 is 40.7 Å². The van der Waals surface area contributed by atoms with Crippen LogP contribution >= 0.6 is 11.8 Å². The molecule has 35 heavy (non-hydrogen) atoms. The van der Waals surface area contributed by atoms with E-state index in [0.29, 0.717) is 34.7 Å². The highest BCUT2D eigenvalue weighted by molar-refractivity contribution is 7.99. The molecule has 2 heterocycles. The van der Waals surface area contributed by atoms with Crippen molar-refractivity contribution in [1.29, 1.82) is 0 Å². The summed E-state index contributed by atoms with van der Waals surface area (Å²) in [6.07, 6.45) is 1.56. The highest BCUT2D eigenvalue weighted by atomic mass is 32.2. The predicted molar refractivity (Wildman–Crippen MR) is 131 cm³/mol. The van der Waals surface area contributed by atoms with Crippen LogP contribution in [0.3, 0.4) is 0 Å². The molecule has 0 unspecified atom stereocenters. The first kappa shape index (κ1) is 23.9. The number of benzene rings is 2. The van der Waals surface area contributed by atoms with Gasteiger partial charge in [0.05, 0.1) is 23.4 Å². The largest absolute Gasteiger partial charge is 0.461 e. The Kier molecular flexibility index (Phi) is 8.02. The summed E-state index contributed by atoms with van der Waals surface area (Å²) in [4.78, 5) is 24.3. The molecule has 0 saturated carbocycles. The molecule has 1 amide bonds. The normalized spacial score (nSPS) is 11.0. The molecule has 0 fully saturated rings. The molecule has 0 aliphatic rings. The van der Waals surface area contributed by atoms with Gasteiger partial charge in [0.15, 0.2) is 23.3 Å². The molecule has 10 nitrogen and oxygen atoms in total. The van der Waals surface area contributed by atoms with Crippen molar-refractivity contribution in [3.05, 3.63) is 73.0 Å². The highest BCUT2D eigenvalue weighted by Crippen LogP contribution is 2.24. The van der Waals surface area contributed by atoms with E-state index in [2.05, 4.69) is 25.7 Å². The number of hydrogen-bond acceptors (Lipinski definition) is 9. The number of anilines is 1. The summed E-state index contributed by atoms with van der Waals surface area (Å²) >= 11 is 1.18. The van der Waals surface area contributed by atoms with Gasteiger partial charge in [0.25, 0.3) is 5.91 Å². The van der Waals surface area contributed by atoms with Gasteiger partial charge in [0.1, 0.15) is 0 Å². The minimum absolute atomic E-state index is 0.00924. The van der Waals surface area contributed by atoms with Gasteiger partial charge < -0.3 is 14.5 Å². The highest BCUT2D eigenvalue weighted by Gasteiger charge is 2.17. The first-order valence-electron chi connectivity index (χ1n) is 10.7. The number of nitrogens with zero attached hydrogens (tertiary/aromatic N) is 5. The number of amides is 1.